The van der Waals surface area contributed by atoms with Crippen molar-refractivity contribution in [3.8, 4) is 0 Å². The van der Waals surface area contributed by atoms with Crippen molar-refractivity contribution in [2.45, 2.75) is 45.0 Å². The van der Waals surface area contributed by atoms with E-state index in [1.165, 1.54) is 12.8 Å². The maximum absolute atomic E-state index is 9.10. The predicted octanol–water partition coefficient (Wildman–Crippen LogP) is 2.45. The van der Waals surface area contributed by atoms with E-state index in [0.717, 1.165) is 12.8 Å². The summed E-state index contributed by atoms with van der Waals surface area (Å²) in [7, 11) is 0. The average Bonchev–Trinajstić information content (AvgIpc) is 1.89. The van der Waals surface area contributed by atoms with Crippen molar-refractivity contribution >= 4 is 12.6 Å². The molecule has 0 aliphatic carbocycles. The fourth-order valence-corrected chi connectivity index (χ4v) is 1.39. The minimum absolute atomic E-state index is 0.392. The summed E-state index contributed by atoms with van der Waals surface area (Å²) in [4.78, 5) is 0. The molecule has 0 radical (unpaired) electrons. The number of hydrogen-bond acceptors (Lipinski definition) is 2. The highest BCUT2D eigenvalue weighted by Gasteiger charge is 2.11. The van der Waals surface area contributed by atoms with Crippen LogP contribution >= 0.6 is 12.6 Å². The molecule has 0 saturated heterocycles. The molecule has 0 saturated carbocycles. The van der Waals surface area contributed by atoms with Gasteiger partial charge in [-0.25, -0.2) is 0 Å². The Morgan fingerprint density at radius 3 is 2.30 bits per heavy atom. The van der Waals surface area contributed by atoms with Crippen LogP contribution in [0.15, 0.2) is 0 Å². The molecule has 0 bridgehead atoms. The van der Waals surface area contributed by atoms with Gasteiger partial charge in [0.25, 0.3) is 0 Å². The maximum atomic E-state index is 9.10. The quantitative estimate of drug-likeness (QED) is 0.470. The highest BCUT2D eigenvalue weighted by atomic mass is 32.1. The molecule has 10 heavy (non-hydrogen) atoms. The first-order valence-corrected chi connectivity index (χ1v) is 4.60. The monoisotopic (exact) mass is 162 g/mol. The second-order valence-corrected chi connectivity index (χ2v) is 3.25. The highest BCUT2D eigenvalue weighted by molar-refractivity contribution is 7.80. The molecule has 0 aromatic rings. The third kappa shape index (κ3) is 4.18. The maximum Gasteiger partial charge on any atom is 0.0992 e. The van der Waals surface area contributed by atoms with Crippen LogP contribution in [0, 0.1) is 5.92 Å². The first kappa shape index (κ1) is 10.3. The van der Waals surface area contributed by atoms with Crippen molar-refractivity contribution < 1.29 is 5.11 Å². The summed E-state index contributed by atoms with van der Waals surface area (Å²) in [5.74, 6) is 0.392. The van der Waals surface area contributed by atoms with Crippen LogP contribution in [-0.2, 0) is 0 Å². The molecular formula is C8H18OS. The summed E-state index contributed by atoms with van der Waals surface area (Å²) >= 11 is 4.00. The highest BCUT2D eigenvalue weighted by Crippen LogP contribution is 2.18. The van der Waals surface area contributed by atoms with Gasteiger partial charge >= 0.3 is 0 Å². The van der Waals surface area contributed by atoms with E-state index in [0.29, 0.717) is 5.92 Å². The van der Waals surface area contributed by atoms with Gasteiger partial charge in [-0.15, -0.1) is 12.6 Å². The van der Waals surface area contributed by atoms with E-state index < -0.39 is 5.44 Å². The van der Waals surface area contributed by atoms with Crippen molar-refractivity contribution in [3.05, 3.63) is 0 Å². The molecular weight excluding hydrogens is 144 g/mol. The molecule has 0 rings (SSSR count). The largest absolute Gasteiger partial charge is 0.382 e. The number of aliphatic hydroxyl groups excluding tert-OH is 1. The van der Waals surface area contributed by atoms with Crippen molar-refractivity contribution in [1.82, 2.24) is 0 Å². The van der Waals surface area contributed by atoms with E-state index in [1.807, 2.05) is 0 Å². The minimum Gasteiger partial charge on any atom is -0.382 e. The molecule has 2 heteroatoms. The summed E-state index contributed by atoms with van der Waals surface area (Å²) in [6, 6.07) is 0. The van der Waals surface area contributed by atoms with Gasteiger partial charge in [-0.05, 0) is 12.3 Å². The van der Waals surface area contributed by atoms with Gasteiger partial charge in [0.05, 0.1) is 5.44 Å². The van der Waals surface area contributed by atoms with E-state index in [2.05, 4.69) is 26.5 Å². The number of thiol groups is 1. The van der Waals surface area contributed by atoms with Crippen LogP contribution in [0.4, 0.5) is 0 Å². The standard InChI is InChI=1S/C8H18OS/c1-3-5-6-7(4-2)8(9)10/h7-10H,3-6H2,1-2H3. The van der Waals surface area contributed by atoms with Gasteiger partial charge in [0.2, 0.25) is 0 Å². The van der Waals surface area contributed by atoms with Crippen molar-refractivity contribution in [3.63, 3.8) is 0 Å². The Hall–Kier alpha value is 0.310. The molecule has 0 amide bonds. The van der Waals surface area contributed by atoms with Gasteiger partial charge < -0.3 is 5.11 Å². The molecule has 0 aromatic carbocycles. The van der Waals surface area contributed by atoms with Gasteiger partial charge in [-0.3, -0.25) is 0 Å². The fourth-order valence-electron chi connectivity index (χ4n) is 1.03. The summed E-state index contributed by atoms with van der Waals surface area (Å²) in [5.41, 5.74) is -0.420. The number of aliphatic hydroxyl groups is 1. The Bertz CT molecular complexity index is 73.7. The molecule has 1 nitrogen and oxygen atoms in total. The summed E-state index contributed by atoms with van der Waals surface area (Å²) in [5, 5.41) is 9.10. The first-order chi connectivity index (χ1) is 4.72. The van der Waals surface area contributed by atoms with Crippen LogP contribution < -0.4 is 0 Å². The molecule has 0 aliphatic rings. The number of rotatable bonds is 5. The van der Waals surface area contributed by atoms with Crippen LogP contribution in [0.5, 0.6) is 0 Å². The van der Waals surface area contributed by atoms with E-state index in [1.54, 1.807) is 0 Å². The van der Waals surface area contributed by atoms with Gasteiger partial charge in [0, 0.05) is 0 Å². The van der Waals surface area contributed by atoms with E-state index in [4.69, 9.17) is 5.11 Å². The summed E-state index contributed by atoms with van der Waals surface area (Å²) in [6.45, 7) is 4.26. The molecule has 2 unspecified atom stereocenters. The molecule has 62 valence electrons. The normalized spacial score (nSPS) is 16.8. The van der Waals surface area contributed by atoms with Crippen LogP contribution in [-0.4, -0.2) is 10.5 Å². The predicted molar refractivity (Wildman–Crippen MR) is 48.3 cm³/mol. The zero-order valence-electron chi connectivity index (χ0n) is 6.88. The Labute approximate surface area is 69.2 Å². The lowest BCUT2D eigenvalue weighted by molar-refractivity contribution is 0.181. The Balaban J connectivity index is 3.40. The number of hydrogen-bond donors (Lipinski definition) is 2. The molecule has 0 aliphatic heterocycles. The molecule has 0 spiro atoms. The zero-order chi connectivity index (χ0) is 7.98. The zero-order valence-corrected chi connectivity index (χ0v) is 7.77. The van der Waals surface area contributed by atoms with Crippen molar-refractivity contribution in [2.24, 2.45) is 5.92 Å². The second kappa shape index (κ2) is 6.05. The summed E-state index contributed by atoms with van der Waals surface area (Å²) < 4.78 is 0. The van der Waals surface area contributed by atoms with Gasteiger partial charge in [-0.2, -0.15) is 0 Å². The van der Waals surface area contributed by atoms with Crippen LogP contribution in [0.2, 0.25) is 0 Å². The van der Waals surface area contributed by atoms with Crippen LogP contribution in [0.1, 0.15) is 39.5 Å². The summed E-state index contributed by atoms with van der Waals surface area (Å²) in [6.07, 6.45) is 4.55. The lowest BCUT2D eigenvalue weighted by atomic mass is 10.0. The lowest BCUT2D eigenvalue weighted by Crippen LogP contribution is -2.12. The molecule has 0 fully saturated rings. The SMILES string of the molecule is CCCCC(CC)C(O)S. The second-order valence-electron chi connectivity index (χ2n) is 2.72. The minimum atomic E-state index is -0.420. The Kier molecular flexibility index (Phi) is 6.24. The molecule has 2 atom stereocenters. The third-order valence-electron chi connectivity index (χ3n) is 1.87. The molecule has 1 N–H and O–H groups in total. The Morgan fingerprint density at radius 1 is 1.40 bits per heavy atom. The van der Waals surface area contributed by atoms with Crippen molar-refractivity contribution in [1.29, 1.82) is 0 Å². The van der Waals surface area contributed by atoms with E-state index in [9.17, 15) is 0 Å². The van der Waals surface area contributed by atoms with Gasteiger partial charge in [0.15, 0.2) is 0 Å². The van der Waals surface area contributed by atoms with Crippen LogP contribution in [0.25, 0.3) is 0 Å². The fraction of sp³-hybridized carbons (Fsp3) is 1.00. The number of unbranched alkanes of at least 4 members (excludes halogenated alkanes) is 1. The molecule has 0 heterocycles. The van der Waals surface area contributed by atoms with Gasteiger partial charge in [0.1, 0.15) is 0 Å². The lowest BCUT2D eigenvalue weighted by Gasteiger charge is -2.15. The van der Waals surface area contributed by atoms with E-state index in [-0.39, 0.29) is 0 Å². The smallest absolute Gasteiger partial charge is 0.0992 e. The average molecular weight is 162 g/mol. The van der Waals surface area contributed by atoms with E-state index >= 15 is 0 Å². The third-order valence-corrected chi connectivity index (χ3v) is 2.30. The molecule has 0 aromatic heterocycles. The van der Waals surface area contributed by atoms with Crippen LogP contribution in [0.3, 0.4) is 0 Å². The van der Waals surface area contributed by atoms with Crippen molar-refractivity contribution in [2.75, 3.05) is 0 Å². The topological polar surface area (TPSA) is 20.2 Å². The Morgan fingerprint density at radius 2 is 2.00 bits per heavy atom. The first-order valence-electron chi connectivity index (χ1n) is 4.08. The van der Waals surface area contributed by atoms with Gasteiger partial charge in [-0.1, -0.05) is 33.1 Å².